The first-order valence-corrected chi connectivity index (χ1v) is 5.58. The second-order valence-electron chi connectivity index (χ2n) is 4.58. The maximum atomic E-state index is 13.5. The minimum absolute atomic E-state index is 0.360. The number of nitrogens with one attached hydrogen (secondary N) is 1. The third-order valence-electron chi connectivity index (χ3n) is 3.23. The summed E-state index contributed by atoms with van der Waals surface area (Å²) in [6.45, 7) is 2.12. The van der Waals surface area contributed by atoms with Crippen LogP contribution in [0.15, 0.2) is 24.3 Å². The van der Waals surface area contributed by atoms with Crippen LogP contribution in [0.1, 0.15) is 36.9 Å². The van der Waals surface area contributed by atoms with Crippen LogP contribution in [0.3, 0.4) is 0 Å². The topological polar surface area (TPSA) is 12.0 Å². The lowest BCUT2D eigenvalue weighted by Crippen LogP contribution is -2.12. The fourth-order valence-electron chi connectivity index (χ4n) is 1.77. The van der Waals surface area contributed by atoms with Gasteiger partial charge in [0.05, 0.1) is 0 Å². The Hall–Kier alpha value is -0.890. The fraction of sp³-hybridized carbons (Fsp3) is 0.538. The highest BCUT2D eigenvalue weighted by molar-refractivity contribution is 5.26. The number of halogens is 1. The van der Waals surface area contributed by atoms with E-state index >= 15 is 0 Å². The summed E-state index contributed by atoms with van der Waals surface area (Å²) in [4.78, 5) is 0. The van der Waals surface area contributed by atoms with Crippen molar-refractivity contribution in [1.82, 2.24) is 5.32 Å². The first-order valence-electron chi connectivity index (χ1n) is 5.58. The van der Waals surface area contributed by atoms with Gasteiger partial charge in [0.1, 0.15) is 5.67 Å². The lowest BCUT2D eigenvalue weighted by Gasteiger charge is -2.11. The van der Waals surface area contributed by atoms with Crippen LogP contribution in [-0.2, 0) is 6.42 Å². The predicted octanol–water partition coefficient (Wildman–Crippen LogP) is 3.01. The monoisotopic (exact) mass is 207 g/mol. The molecule has 0 radical (unpaired) electrons. The van der Waals surface area contributed by atoms with Crippen LogP contribution in [0.2, 0.25) is 0 Å². The summed E-state index contributed by atoms with van der Waals surface area (Å²) in [5.41, 5.74) is 1.49. The molecule has 1 unspecified atom stereocenters. The van der Waals surface area contributed by atoms with E-state index in [0.29, 0.717) is 12.5 Å². The van der Waals surface area contributed by atoms with Crippen LogP contribution in [-0.4, -0.2) is 12.7 Å². The molecule has 1 atom stereocenters. The van der Waals surface area contributed by atoms with Gasteiger partial charge in [-0.3, -0.25) is 0 Å². The minimum atomic E-state index is -0.879. The molecule has 1 aromatic carbocycles. The quantitative estimate of drug-likeness (QED) is 0.800. The first-order chi connectivity index (χ1) is 7.13. The second kappa shape index (κ2) is 3.93. The summed E-state index contributed by atoms with van der Waals surface area (Å²) in [7, 11) is 1.94. The number of hydrogen-bond donors (Lipinski definition) is 1. The number of hydrogen-bond acceptors (Lipinski definition) is 1. The normalized spacial score (nSPS) is 19.9. The molecule has 1 aliphatic rings. The zero-order valence-electron chi connectivity index (χ0n) is 9.39. The van der Waals surface area contributed by atoms with Crippen molar-refractivity contribution < 1.29 is 4.39 Å². The van der Waals surface area contributed by atoms with E-state index in [1.807, 2.05) is 19.2 Å². The lowest BCUT2D eigenvalue weighted by atomic mass is 10.0. The Labute approximate surface area is 90.7 Å². The molecule has 0 spiro atoms. The van der Waals surface area contributed by atoms with Crippen molar-refractivity contribution in [3.63, 3.8) is 0 Å². The summed E-state index contributed by atoms with van der Waals surface area (Å²) in [5.74, 6) is 0. The van der Waals surface area contributed by atoms with Gasteiger partial charge in [-0.1, -0.05) is 24.3 Å². The van der Waals surface area contributed by atoms with Gasteiger partial charge < -0.3 is 5.32 Å². The molecule has 1 N–H and O–H groups in total. The Morgan fingerprint density at radius 1 is 1.33 bits per heavy atom. The summed E-state index contributed by atoms with van der Waals surface area (Å²) in [6.07, 6.45) is 2.06. The van der Waals surface area contributed by atoms with Gasteiger partial charge in [0, 0.05) is 12.5 Å². The summed E-state index contributed by atoms with van der Waals surface area (Å²) in [6, 6.07) is 8.62. The highest BCUT2D eigenvalue weighted by Gasteiger charge is 2.42. The Morgan fingerprint density at radius 3 is 2.40 bits per heavy atom. The van der Waals surface area contributed by atoms with E-state index in [1.165, 1.54) is 5.56 Å². The van der Waals surface area contributed by atoms with Crippen LogP contribution in [0, 0.1) is 0 Å². The lowest BCUT2D eigenvalue weighted by molar-refractivity contribution is 0.308. The molecule has 1 aromatic rings. The van der Waals surface area contributed by atoms with Crippen molar-refractivity contribution in [2.75, 3.05) is 7.05 Å². The molecule has 0 aromatic heterocycles. The van der Waals surface area contributed by atoms with Crippen molar-refractivity contribution in [1.29, 1.82) is 0 Å². The molecule has 1 saturated carbocycles. The Kier molecular flexibility index (Phi) is 2.79. The van der Waals surface area contributed by atoms with Gasteiger partial charge in [-0.05, 0) is 37.9 Å². The second-order valence-corrected chi connectivity index (χ2v) is 4.58. The van der Waals surface area contributed by atoms with Crippen molar-refractivity contribution in [2.45, 2.75) is 37.9 Å². The van der Waals surface area contributed by atoms with E-state index in [9.17, 15) is 4.39 Å². The van der Waals surface area contributed by atoms with Crippen LogP contribution in [0.4, 0.5) is 4.39 Å². The minimum Gasteiger partial charge on any atom is -0.313 e. The third kappa shape index (κ3) is 2.57. The van der Waals surface area contributed by atoms with Crippen LogP contribution in [0.5, 0.6) is 0 Å². The molecule has 0 amide bonds. The summed E-state index contributed by atoms with van der Waals surface area (Å²) < 4.78 is 13.5. The number of alkyl halides is 1. The van der Waals surface area contributed by atoms with Crippen molar-refractivity contribution >= 4 is 0 Å². The molecule has 1 aliphatic carbocycles. The van der Waals surface area contributed by atoms with E-state index in [4.69, 9.17) is 0 Å². The zero-order chi connectivity index (χ0) is 10.9. The smallest absolute Gasteiger partial charge is 0.115 e. The summed E-state index contributed by atoms with van der Waals surface area (Å²) in [5, 5.41) is 3.19. The van der Waals surface area contributed by atoms with Gasteiger partial charge in [-0.15, -0.1) is 0 Å². The van der Waals surface area contributed by atoms with E-state index in [0.717, 1.165) is 18.4 Å². The predicted molar refractivity (Wildman–Crippen MR) is 60.7 cm³/mol. The molecule has 0 saturated heterocycles. The van der Waals surface area contributed by atoms with Crippen LogP contribution < -0.4 is 5.32 Å². The van der Waals surface area contributed by atoms with Gasteiger partial charge in [0.25, 0.3) is 0 Å². The van der Waals surface area contributed by atoms with Gasteiger partial charge in [0.15, 0.2) is 0 Å². The molecular formula is C13H18FN. The van der Waals surface area contributed by atoms with E-state index in [-0.39, 0.29) is 0 Å². The first kappa shape index (κ1) is 10.6. The molecule has 1 fully saturated rings. The number of benzene rings is 1. The zero-order valence-corrected chi connectivity index (χ0v) is 9.39. The largest absolute Gasteiger partial charge is 0.313 e. The highest BCUT2D eigenvalue weighted by Crippen LogP contribution is 2.42. The standard InChI is InChI=1S/C13H18FN/c1-10(15-2)12-5-3-11(4-6-12)9-13(14)7-8-13/h3-6,10,15H,7-9H2,1-2H3. The van der Waals surface area contributed by atoms with E-state index < -0.39 is 5.67 Å². The van der Waals surface area contributed by atoms with Gasteiger partial charge in [-0.2, -0.15) is 0 Å². The third-order valence-corrected chi connectivity index (χ3v) is 3.23. The van der Waals surface area contributed by atoms with E-state index in [2.05, 4.69) is 24.4 Å². The average Bonchev–Trinajstić information content (AvgIpc) is 2.96. The molecule has 2 heteroatoms. The molecule has 0 heterocycles. The molecule has 1 nitrogen and oxygen atoms in total. The highest BCUT2D eigenvalue weighted by atomic mass is 19.1. The van der Waals surface area contributed by atoms with E-state index in [1.54, 1.807) is 0 Å². The molecular weight excluding hydrogens is 189 g/mol. The van der Waals surface area contributed by atoms with Gasteiger partial charge in [0.2, 0.25) is 0 Å². The van der Waals surface area contributed by atoms with Gasteiger partial charge >= 0.3 is 0 Å². The maximum Gasteiger partial charge on any atom is 0.115 e. The van der Waals surface area contributed by atoms with Crippen LogP contribution in [0.25, 0.3) is 0 Å². The average molecular weight is 207 g/mol. The van der Waals surface area contributed by atoms with Crippen molar-refractivity contribution in [3.05, 3.63) is 35.4 Å². The van der Waals surface area contributed by atoms with Gasteiger partial charge in [-0.25, -0.2) is 4.39 Å². The Bertz CT molecular complexity index is 327. The summed E-state index contributed by atoms with van der Waals surface area (Å²) >= 11 is 0. The Balaban J connectivity index is 2.03. The SMILES string of the molecule is CNC(C)c1ccc(CC2(F)CC2)cc1. The molecule has 2 rings (SSSR count). The molecule has 15 heavy (non-hydrogen) atoms. The van der Waals surface area contributed by atoms with Crippen molar-refractivity contribution in [2.24, 2.45) is 0 Å². The number of rotatable bonds is 4. The molecule has 82 valence electrons. The van der Waals surface area contributed by atoms with Crippen LogP contribution >= 0.6 is 0 Å². The van der Waals surface area contributed by atoms with Crippen molar-refractivity contribution in [3.8, 4) is 0 Å². The maximum absolute atomic E-state index is 13.5. The molecule has 0 aliphatic heterocycles. The molecule has 0 bridgehead atoms. The Morgan fingerprint density at radius 2 is 1.93 bits per heavy atom. The fourth-order valence-corrected chi connectivity index (χ4v) is 1.77.